The van der Waals surface area contributed by atoms with Crippen molar-refractivity contribution in [3.8, 4) is 10.4 Å². The maximum atomic E-state index is 14.2. The topological polar surface area (TPSA) is 98.7 Å². The van der Waals surface area contributed by atoms with Crippen LogP contribution in [0.4, 0.5) is 19.0 Å². The fourth-order valence-electron chi connectivity index (χ4n) is 4.50. The van der Waals surface area contributed by atoms with Gasteiger partial charge >= 0.3 is 6.18 Å². The summed E-state index contributed by atoms with van der Waals surface area (Å²) in [5, 5.41) is 12.7. The third kappa shape index (κ3) is 5.49. The van der Waals surface area contributed by atoms with Crippen LogP contribution in [0, 0.1) is 0 Å². The summed E-state index contributed by atoms with van der Waals surface area (Å²) in [4.78, 5) is 38.0. The molecule has 2 aromatic heterocycles. The molecule has 2 aliphatic rings. The number of anilines is 1. The van der Waals surface area contributed by atoms with Crippen LogP contribution >= 0.6 is 11.3 Å². The number of β-amino-alcohol motifs (C(OH)–C–C–N with tert-alkyl or cyclic N) is 1. The fraction of sp³-hybridized carbons (Fsp3) is 0.583. The Labute approximate surface area is 211 Å². The highest BCUT2D eigenvalue weighted by molar-refractivity contribution is 7.17. The number of aliphatic hydroxyl groups is 1. The number of nitrogens with zero attached hydrogens (tertiary/aromatic N) is 4. The molecule has 36 heavy (non-hydrogen) atoms. The van der Waals surface area contributed by atoms with E-state index in [1.54, 1.807) is 25.7 Å². The van der Waals surface area contributed by atoms with Gasteiger partial charge in [-0.3, -0.25) is 9.59 Å². The second kappa shape index (κ2) is 9.62. The normalized spacial score (nSPS) is 20.8. The zero-order valence-corrected chi connectivity index (χ0v) is 21.5. The molecule has 4 rings (SSSR count). The molecular formula is C24H30F3N5O3S. The van der Waals surface area contributed by atoms with Crippen molar-refractivity contribution >= 4 is 29.0 Å². The predicted octanol–water partition coefficient (Wildman–Crippen LogP) is 4.27. The summed E-state index contributed by atoms with van der Waals surface area (Å²) in [6.45, 7) is 8.19. The lowest BCUT2D eigenvalue weighted by atomic mass is 10.1. The van der Waals surface area contributed by atoms with Crippen LogP contribution in [0.5, 0.6) is 0 Å². The largest absolute Gasteiger partial charge is 0.417 e. The molecule has 0 aliphatic carbocycles. The minimum atomic E-state index is -4.74. The number of likely N-dealkylation sites (tertiary alicyclic amines) is 2. The number of alkyl halides is 3. The van der Waals surface area contributed by atoms with Gasteiger partial charge < -0.3 is 20.2 Å². The lowest BCUT2D eigenvalue weighted by Gasteiger charge is -2.23. The van der Waals surface area contributed by atoms with Crippen molar-refractivity contribution in [2.45, 2.75) is 70.8 Å². The van der Waals surface area contributed by atoms with Gasteiger partial charge in [0.05, 0.1) is 16.5 Å². The van der Waals surface area contributed by atoms with Crippen LogP contribution in [0.2, 0.25) is 0 Å². The number of nitrogens with one attached hydrogen (secondary N) is 1. The molecule has 4 heterocycles. The van der Waals surface area contributed by atoms with Crippen molar-refractivity contribution in [2.24, 2.45) is 0 Å². The fourth-order valence-corrected chi connectivity index (χ4v) is 5.54. The van der Waals surface area contributed by atoms with E-state index in [0.717, 1.165) is 36.4 Å². The third-order valence-electron chi connectivity index (χ3n) is 6.23. The number of thiazole rings is 1. The van der Waals surface area contributed by atoms with Crippen LogP contribution in [0.1, 0.15) is 72.8 Å². The van der Waals surface area contributed by atoms with Gasteiger partial charge in [-0.05, 0) is 53.0 Å². The van der Waals surface area contributed by atoms with E-state index in [9.17, 15) is 27.9 Å². The molecule has 8 nitrogen and oxygen atoms in total. The number of carbonyl (C=O) groups excluding carboxylic acids is 2. The van der Waals surface area contributed by atoms with Crippen molar-refractivity contribution in [2.75, 3.05) is 25.0 Å². The Bertz CT molecular complexity index is 1160. The van der Waals surface area contributed by atoms with Gasteiger partial charge in [0.25, 0.3) is 11.8 Å². The second-order valence-electron chi connectivity index (χ2n) is 10.4. The van der Waals surface area contributed by atoms with E-state index in [1.165, 1.54) is 4.90 Å². The molecule has 2 saturated heterocycles. The molecule has 0 bridgehead atoms. The molecule has 2 amide bonds. The van der Waals surface area contributed by atoms with Gasteiger partial charge in [-0.1, -0.05) is 0 Å². The number of carbonyl (C=O) groups is 2. The molecule has 0 spiro atoms. The van der Waals surface area contributed by atoms with Crippen molar-refractivity contribution in [3.05, 3.63) is 28.5 Å². The number of hydrogen-bond acceptors (Lipinski definition) is 7. The van der Waals surface area contributed by atoms with Crippen LogP contribution < -0.4 is 5.32 Å². The van der Waals surface area contributed by atoms with E-state index >= 15 is 0 Å². The highest BCUT2D eigenvalue weighted by Gasteiger charge is 2.39. The summed E-state index contributed by atoms with van der Waals surface area (Å²) >= 11 is 0.755. The summed E-state index contributed by atoms with van der Waals surface area (Å²) in [6, 6.07) is 0.837. The molecule has 196 valence electrons. The highest BCUT2D eigenvalue weighted by atomic mass is 32.1. The first-order valence-electron chi connectivity index (χ1n) is 11.9. The number of amides is 2. The number of aromatic nitrogens is 2. The third-order valence-corrected chi connectivity index (χ3v) is 7.31. The van der Waals surface area contributed by atoms with E-state index < -0.39 is 35.2 Å². The van der Waals surface area contributed by atoms with Crippen LogP contribution in [0.25, 0.3) is 10.4 Å². The zero-order valence-electron chi connectivity index (χ0n) is 20.6. The molecular weight excluding hydrogens is 495 g/mol. The lowest BCUT2D eigenvalue weighted by molar-refractivity contribution is -0.137. The maximum absolute atomic E-state index is 14.2. The maximum Gasteiger partial charge on any atom is 0.417 e. The Kier molecular flexibility index (Phi) is 7.04. The van der Waals surface area contributed by atoms with E-state index in [4.69, 9.17) is 0 Å². The summed E-state index contributed by atoms with van der Waals surface area (Å²) in [5.74, 6) is -0.970. The number of aliphatic hydroxyl groups excluding tert-OH is 1. The second-order valence-corrected chi connectivity index (χ2v) is 11.4. The van der Waals surface area contributed by atoms with E-state index in [1.807, 2.05) is 6.92 Å². The summed E-state index contributed by atoms with van der Waals surface area (Å²) in [6.07, 6.45) is -2.34. The Morgan fingerprint density at radius 1 is 1.17 bits per heavy atom. The molecule has 0 radical (unpaired) electrons. The molecule has 2 N–H and O–H groups in total. The molecule has 12 heteroatoms. The average molecular weight is 526 g/mol. The highest BCUT2D eigenvalue weighted by Crippen LogP contribution is 2.42. The van der Waals surface area contributed by atoms with Crippen molar-refractivity contribution in [1.29, 1.82) is 0 Å². The Morgan fingerprint density at radius 2 is 1.89 bits per heavy atom. The van der Waals surface area contributed by atoms with Gasteiger partial charge in [0.1, 0.15) is 11.5 Å². The Balaban J connectivity index is 1.83. The molecule has 0 saturated carbocycles. The van der Waals surface area contributed by atoms with Gasteiger partial charge in [-0.25, -0.2) is 9.97 Å². The van der Waals surface area contributed by atoms with Crippen molar-refractivity contribution < 1.29 is 27.9 Å². The van der Waals surface area contributed by atoms with Gasteiger partial charge in [0, 0.05) is 43.0 Å². The SMILES string of the molecule is CC1CCCN1C(=O)c1nc(C(=O)N2CCC(O)C2)sc1-c1cnc(NC(C)(C)C)cc1C(F)(F)F. The molecule has 2 atom stereocenters. The van der Waals surface area contributed by atoms with E-state index in [2.05, 4.69) is 15.3 Å². The van der Waals surface area contributed by atoms with Crippen LogP contribution in [0.15, 0.2) is 12.3 Å². The first-order chi connectivity index (χ1) is 16.7. The number of pyridine rings is 1. The molecule has 2 unspecified atom stereocenters. The number of halogens is 3. The van der Waals surface area contributed by atoms with Gasteiger partial charge in [-0.15, -0.1) is 11.3 Å². The van der Waals surface area contributed by atoms with Crippen LogP contribution in [-0.4, -0.2) is 74.0 Å². The molecule has 2 aromatic rings. The monoisotopic (exact) mass is 525 g/mol. The van der Waals surface area contributed by atoms with Crippen LogP contribution in [-0.2, 0) is 6.18 Å². The van der Waals surface area contributed by atoms with Gasteiger partial charge in [0.15, 0.2) is 5.01 Å². The smallest absolute Gasteiger partial charge is 0.391 e. The minimum Gasteiger partial charge on any atom is -0.391 e. The summed E-state index contributed by atoms with van der Waals surface area (Å²) in [7, 11) is 0. The lowest BCUT2D eigenvalue weighted by Crippen LogP contribution is -2.34. The minimum absolute atomic E-state index is 0.0377. The molecule has 0 aromatic carbocycles. The number of hydrogen-bond donors (Lipinski definition) is 2. The zero-order chi connectivity index (χ0) is 26.4. The first kappa shape index (κ1) is 26.3. The van der Waals surface area contributed by atoms with Gasteiger partial charge in [0.2, 0.25) is 0 Å². The molecule has 2 aliphatic heterocycles. The quantitative estimate of drug-likeness (QED) is 0.619. The Morgan fingerprint density at radius 3 is 2.44 bits per heavy atom. The van der Waals surface area contributed by atoms with E-state index in [-0.39, 0.29) is 39.5 Å². The predicted molar refractivity (Wildman–Crippen MR) is 130 cm³/mol. The van der Waals surface area contributed by atoms with E-state index in [0.29, 0.717) is 19.5 Å². The van der Waals surface area contributed by atoms with Crippen molar-refractivity contribution in [1.82, 2.24) is 19.8 Å². The molecule has 2 fully saturated rings. The van der Waals surface area contributed by atoms with Crippen molar-refractivity contribution in [3.63, 3.8) is 0 Å². The Hall–Kier alpha value is -2.73. The summed E-state index contributed by atoms with van der Waals surface area (Å²) < 4.78 is 42.7. The average Bonchev–Trinajstić information content (AvgIpc) is 3.50. The van der Waals surface area contributed by atoms with Crippen LogP contribution in [0.3, 0.4) is 0 Å². The standard InChI is InChI=1S/C24H30F3N5O3S/c1-13-6-5-8-32(13)21(34)18-19(36-20(29-18)22(35)31-9-7-14(33)12-31)15-11-28-17(30-23(2,3)4)10-16(15)24(25,26)27/h10-11,13-14,33H,5-9,12H2,1-4H3,(H,28,30). The first-order valence-corrected chi connectivity index (χ1v) is 12.7. The van der Waals surface area contributed by atoms with Gasteiger partial charge in [-0.2, -0.15) is 13.2 Å². The summed E-state index contributed by atoms with van der Waals surface area (Å²) in [5.41, 5.74) is -1.96. The number of rotatable bonds is 4.